The predicted octanol–water partition coefficient (Wildman–Crippen LogP) is 21.9. The second-order valence-corrected chi connectivity index (χ2v) is 57.1. The maximum atomic E-state index is 4.11. The van der Waals surface area contributed by atoms with Gasteiger partial charge >= 0.3 is 0 Å². The van der Waals surface area contributed by atoms with Crippen LogP contribution in [0.1, 0.15) is 0 Å². The Morgan fingerprint density at radius 2 is 0.537 bits per heavy atom. The van der Waals surface area contributed by atoms with Gasteiger partial charge in [0.1, 0.15) is 0 Å². The highest BCUT2D eigenvalue weighted by Gasteiger charge is 2.01. The highest BCUT2D eigenvalue weighted by Crippen LogP contribution is 2.62. The van der Waals surface area contributed by atoms with E-state index in [9.17, 15) is 0 Å². The molecule has 0 rings (SSSR count). The standard InChI is InChI=1S/C5H13NS35/c7-21-11-1-9-10-2-15-25-30-35-38-40-41-39-36-32-27-18-5-17-26-31-34-37-33-29-20-6-19-28-24-16-4-14-23-13-3-12-22-8/h6-8H,1-5H2. The summed E-state index contributed by atoms with van der Waals surface area (Å²) >= 11 is 8.22. The molecule has 0 radical (unpaired) electrons. The molecule has 0 saturated carbocycles. The summed E-state index contributed by atoms with van der Waals surface area (Å²) in [7, 11) is 60.0. The van der Waals surface area contributed by atoms with E-state index in [0.29, 0.717) is 0 Å². The molecule has 0 bridgehead atoms. The first-order valence-electron chi connectivity index (χ1n) is 7.99. The van der Waals surface area contributed by atoms with Gasteiger partial charge in [-0.3, -0.25) is 0 Å². The summed E-state index contributed by atoms with van der Waals surface area (Å²) < 4.78 is 3.30. The molecule has 0 amide bonds. The lowest BCUT2D eigenvalue weighted by molar-refractivity contribution is 1.82. The fourth-order valence-electron chi connectivity index (χ4n) is 0.645. The van der Waals surface area contributed by atoms with E-state index in [1.807, 2.05) is 244 Å². The Bertz CT molecular complexity index is 403. The van der Waals surface area contributed by atoms with E-state index < -0.39 is 0 Å². The quantitative estimate of drug-likeness (QED) is 0.0178. The van der Waals surface area contributed by atoms with Crippen molar-refractivity contribution in [1.82, 2.24) is 4.13 Å². The maximum Gasteiger partial charge on any atom is 0.0616 e. The molecule has 0 spiro atoms. The Morgan fingerprint density at radius 3 is 0.976 bits per heavy atom. The summed E-state index contributed by atoms with van der Waals surface area (Å²) in [6.07, 6.45) is 0. The topological polar surface area (TPSA) is 12.0 Å². The highest BCUT2D eigenvalue weighted by atomic mass is 34.0. The fourth-order valence-corrected chi connectivity index (χ4v) is 68.8. The molecule has 0 unspecified atom stereocenters. The number of thiol groups is 2. The van der Waals surface area contributed by atoms with Gasteiger partial charge in [0.15, 0.2) is 0 Å². The van der Waals surface area contributed by atoms with Crippen molar-refractivity contribution < 1.29 is 0 Å². The lowest BCUT2D eigenvalue weighted by Crippen LogP contribution is -1.77. The Morgan fingerprint density at radius 1 is 0.268 bits per heavy atom. The van der Waals surface area contributed by atoms with Gasteiger partial charge in [-0.25, -0.2) is 0 Å². The second-order valence-electron chi connectivity index (χ2n) is 3.46. The molecule has 0 aromatic carbocycles. The predicted molar refractivity (Wildman–Crippen MR) is 296 cm³/mol. The molecule has 0 aliphatic carbocycles. The van der Waals surface area contributed by atoms with Gasteiger partial charge in [-0.05, 0) is 167 Å². The molecular formula is C5H13NS35. The van der Waals surface area contributed by atoms with Crippen LogP contribution in [0, 0.1) is 0 Å². The Balaban J connectivity index is 3.02. The van der Waals surface area contributed by atoms with Gasteiger partial charge < -0.3 is 0 Å². The average molecular weight is 1210 g/mol. The van der Waals surface area contributed by atoms with Gasteiger partial charge in [0.2, 0.25) is 0 Å². The fraction of sp³-hybridized carbons (Fsp3) is 1.00. The van der Waals surface area contributed by atoms with Crippen molar-refractivity contribution in [2.45, 2.75) is 0 Å². The Hall–Kier alpha value is 12.2. The van der Waals surface area contributed by atoms with Crippen LogP contribution in [0.25, 0.3) is 0 Å². The summed E-state index contributed by atoms with van der Waals surface area (Å²) in [6.45, 7) is 0. The lowest BCUT2D eigenvalue weighted by Gasteiger charge is -2.01. The Labute approximate surface area is 380 Å². The van der Waals surface area contributed by atoms with Crippen molar-refractivity contribution >= 4 is 360 Å². The van der Waals surface area contributed by atoms with E-state index in [4.69, 9.17) is 0 Å². The number of rotatable bonds is 38. The van der Waals surface area contributed by atoms with Gasteiger partial charge in [0.25, 0.3) is 0 Å². The van der Waals surface area contributed by atoms with Crippen LogP contribution in [-0.2, 0) is 0 Å². The average Bonchev–Trinajstić information content (AvgIpc) is 2.98. The molecule has 0 aliphatic rings. The monoisotopic (exact) mass is 1210 g/mol. The van der Waals surface area contributed by atoms with E-state index in [-0.39, 0.29) is 0 Å². The Kier molecular flexibility index (Phi) is 67.8. The lowest BCUT2D eigenvalue weighted by atomic mass is 11.9. The van der Waals surface area contributed by atoms with Crippen LogP contribution >= 0.6 is 360 Å². The van der Waals surface area contributed by atoms with Crippen LogP contribution in [-0.4, -0.2) is 25.4 Å². The number of hydrogen-bond acceptors (Lipinski definition) is 36. The maximum absolute atomic E-state index is 4.11. The van der Waals surface area contributed by atoms with E-state index in [1.54, 1.807) is 73.0 Å². The summed E-state index contributed by atoms with van der Waals surface area (Å²) in [5.41, 5.74) is 0. The zero-order chi connectivity index (χ0) is 29.6. The third kappa shape index (κ3) is 52.2. The molecule has 0 atom stereocenters. The van der Waals surface area contributed by atoms with Gasteiger partial charge in [0.05, 0.1) is 25.4 Å². The normalized spacial score (nSPS) is 11.6. The van der Waals surface area contributed by atoms with Crippen LogP contribution in [0.5, 0.6) is 0 Å². The van der Waals surface area contributed by atoms with Gasteiger partial charge in [0, 0.05) is 61.3 Å². The summed E-state index contributed by atoms with van der Waals surface area (Å²) in [5, 5.41) is 5.46. The molecule has 0 heterocycles. The van der Waals surface area contributed by atoms with E-state index in [2.05, 4.69) is 27.4 Å². The molecule has 41 heavy (non-hydrogen) atoms. The van der Waals surface area contributed by atoms with Crippen LogP contribution in [0.4, 0.5) is 0 Å². The molecule has 0 aromatic heterocycles. The van der Waals surface area contributed by atoms with Crippen molar-refractivity contribution in [1.29, 1.82) is 0 Å². The molecule has 1 nitrogen and oxygen atoms in total. The van der Waals surface area contributed by atoms with Crippen LogP contribution in [0.3, 0.4) is 0 Å². The summed E-state index contributed by atoms with van der Waals surface area (Å²) in [6, 6.07) is 0. The molecule has 248 valence electrons. The third-order valence-corrected chi connectivity index (χ3v) is 61.8. The summed E-state index contributed by atoms with van der Waals surface area (Å²) in [5.74, 6) is 0. The second kappa shape index (κ2) is 52.2. The van der Waals surface area contributed by atoms with Crippen LogP contribution in [0.2, 0.25) is 0 Å². The molecule has 1 N–H and O–H groups in total. The van der Waals surface area contributed by atoms with Crippen LogP contribution in [0.15, 0.2) is 0 Å². The van der Waals surface area contributed by atoms with E-state index >= 15 is 0 Å². The van der Waals surface area contributed by atoms with E-state index in [1.165, 1.54) is 19.7 Å². The molecule has 0 saturated heterocycles. The molecule has 36 heteroatoms. The van der Waals surface area contributed by atoms with Gasteiger partial charge in [-0.1, -0.05) is 131 Å². The minimum atomic E-state index is 1.07. The number of hydrogen-bond donors (Lipinski definition) is 3. The zero-order valence-corrected chi connectivity index (χ0v) is 47.1. The molecule has 0 fully saturated rings. The first-order valence-corrected chi connectivity index (χ1v) is 52.2. The molecule has 0 aromatic rings. The van der Waals surface area contributed by atoms with E-state index in [0.717, 1.165) is 25.4 Å². The first-order chi connectivity index (χ1) is 20.4. The molecular weight excluding hydrogens is 1200 g/mol. The van der Waals surface area contributed by atoms with Gasteiger partial charge in [-0.15, -0.1) is 0 Å². The van der Waals surface area contributed by atoms with Crippen molar-refractivity contribution in [2.75, 3.05) is 25.4 Å². The first kappa shape index (κ1) is 53.2. The minimum absolute atomic E-state index is 1.07. The SMILES string of the molecule is SSSCSSCSSSSSSSSSSSSCSSSSSSSSNSSSSCSSSCSSS. The number of nitrogens with one attached hydrogen (secondary N) is 1. The largest absolute Gasteiger partial charge is 0.187 e. The van der Waals surface area contributed by atoms with Crippen molar-refractivity contribution in [3.63, 3.8) is 0 Å². The molecule has 0 aliphatic heterocycles. The third-order valence-electron chi connectivity index (χ3n) is 1.51. The van der Waals surface area contributed by atoms with Gasteiger partial charge in [-0.2, -0.15) is 4.13 Å². The van der Waals surface area contributed by atoms with Crippen molar-refractivity contribution in [2.24, 2.45) is 0 Å². The van der Waals surface area contributed by atoms with Crippen molar-refractivity contribution in [3.8, 4) is 0 Å². The smallest absolute Gasteiger partial charge is 0.0616 e. The summed E-state index contributed by atoms with van der Waals surface area (Å²) in [4.78, 5) is 0. The van der Waals surface area contributed by atoms with Crippen molar-refractivity contribution in [3.05, 3.63) is 0 Å². The minimum Gasteiger partial charge on any atom is -0.187 e. The zero-order valence-electron chi connectivity index (χ0n) is 18.4. The highest BCUT2D eigenvalue weighted by molar-refractivity contribution is 9.55. The van der Waals surface area contributed by atoms with Crippen LogP contribution < -0.4 is 4.13 Å².